The summed E-state index contributed by atoms with van der Waals surface area (Å²) in [6.45, 7) is 8.29. The minimum atomic E-state index is 0.694. The maximum absolute atomic E-state index is 9.12. The molecule has 0 saturated heterocycles. The van der Waals surface area contributed by atoms with Crippen LogP contribution in [-0.2, 0) is 0 Å². The predicted octanol–water partition coefficient (Wildman–Crippen LogP) is 4.56. The number of hydrogen-bond acceptors (Lipinski definition) is 1. The van der Waals surface area contributed by atoms with Crippen molar-refractivity contribution in [2.45, 2.75) is 45.4 Å². The molecule has 0 bridgehead atoms. The molecule has 1 nitrogen and oxygen atoms in total. The Hall–Kier alpha value is -1.55. The molecule has 0 radical (unpaired) electrons. The lowest BCUT2D eigenvalue weighted by Gasteiger charge is -2.29. The minimum absolute atomic E-state index is 0.694. The molecule has 0 N–H and O–H groups in total. The van der Waals surface area contributed by atoms with Gasteiger partial charge in [-0.05, 0) is 60.4 Å². The maximum Gasteiger partial charge on any atom is 0.0994 e. The Morgan fingerprint density at radius 2 is 2.18 bits per heavy atom. The van der Waals surface area contributed by atoms with E-state index in [-0.39, 0.29) is 0 Å². The molecule has 0 heterocycles. The molecule has 0 spiro atoms. The van der Waals surface area contributed by atoms with Crippen molar-refractivity contribution in [3.05, 3.63) is 41.0 Å². The third-order valence-electron chi connectivity index (χ3n) is 3.87. The van der Waals surface area contributed by atoms with Crippen LogP contribution in [0.5, 0.6) is 0 Å². The van der Waals surface area contributed by atoms with Crippen molar-refractivity contribution in [1.82, 2.24) is 0 Å². The van der Waals surface area contributed by atoms with Gasteiger partial charge >= 0.3 is 0 Å². The average Bonchev–Trinajstić information content (AvgIpc) is 2.26. The third-order valence-corrected chi connectivity index (χ3v) is 3.87. The van der Waals surface area contributed by atoms with Gasteiger partial charge in [0.15, 0.2) is 0 Å². The monoisotopic (exact) mass is 225 g/mol. The van der Waals surface area contributed by atoms with Crippen molar-refractivity contribution < 1.29 is 0 Å². The fourth-order valence-electron chi connectivity index (χ4n) is 2.40. The zero-order chi connectivity index (χ0) is 12.4. The lowest BCUT2D eigenvalue weighted by Crippen LogP contribution is -2.11. The summed E-state index contributed by atoms with van der Waals surface area (Å²) >= 11 is 0. The first kappa shape index (κ1) is 11.9. The molecular formula is C16H19N. The molecule has 1 saturated carbocycles. The van der Waals surface area contributed by atoms with Crippen molar-refractivity contribution in [2.75, 3.05) is 0 Å². The van der Waals surface area contributed by atoms with E-state index in [1.165, 1.54) is 30.4 Å². The summed E-state index contributed by atoms with van der Waals surface area (Å²) < 4.78 is 0. The van der Waals surface area contributed by atoms with Crippen LogP contribution in [0.3, 0.4) is 0 Å². The van der Waals surface area contributed by atoms with Crippen LogP contribution in [0, 0.1) is 18.3 Å². The number of rotatable bonds is 3. The Morgan fingerprint density at radius 3 is 2.65 bits per heavy atom. The summed E-state index contributed by atoms with van der Waals surface area (Å²) in [6.07, 6.45) is 4.86. The molecule has 0 aliphatic heterocycles. The Labute approximate surface area is 104 Å². The van der Waals surface area contributed by atoms with Crippen LogP contribution in [0.2, 0.25) is 0 Å². The zero-order valence-corrected chi connectivity index (χ0v) is 10.7. The molecule has 88 valence electrons. The van der Waals surface area contributed by atoms with Crippen molar-refractivity contribution >= 4 is 5.57 Å². The van der Waals surface area contributed by atoms with Crippen LogP contribution >= 0.6 is 0 Å². The fourth-order valence-corrected chi connectivity index (χ4v) is 2.40. The highest BCUT2D eigenvalue weighted by atomic mass is 14.3. The van der Waals surface area contributed by atoms with Gasteiger partial charge in [-0.2, -0.15) is 5.26 Å². The number of allylic oxidation sites excluding steroid dienone is 1. The smallest absolute Gasteiger partial charge is 0.0994 e. The highest BCUT2D eigenvalue weighted by Crippen LogP contribution is 2.40. The SMILES string of the molecule is C=C(CC)c1cc(C#N)c(C)cc1C1CCC1. The largest absolute Gasteiger partial charge is 0.192 e. The molecular weight excluding hydrogens is 206 g/mol. The number of nitriles is 1. The first-order chi connectivity index (χ1) is 8.17. The topological polar surface area (TPSA) is 23.8 Å². The fraction of sp³-hybridized carbons (Fsp3) is 0.438. The lowest BCUT2D eigenvalue weighted by molar-refractivity contribution is 0.419. The van der Waals surface area contributed by atoms with E-state index in [2.05, 4.69) is 25.6 Å². The highest BCUT2D eigenvalue weighted by Gasteiger charge is 2.23. The number of nitrogens with zero attached hydrogens (tertiary/aromatic N) is 1. The van der Waals surface area contributed by atoms with Gasteiger partial charge in [-0.1, -0.05) is 26.0 Å². The molecule has 17 heavy (non-hydrogen) atoms. The van der Waals surface area contributed by atoms with Gasteiger partial charge in [0.25, 0.3) is 0 Å². The summed E-state index contributed by atoms with van der Waals surface area (Å²) in [5.74, 6) is 0.694. The first-order valence-corrected chi connectivity index (χ1v) is 6.40. The van der Waals surface area contributed by atoms with E-state index in [9.17, 15) is 0 Å². The molecule has 1 aromatic rings. The van der Waals surface area contributed by atoms with Crippen molar-refractivity contribution in [3.63, 3.8) is 0 Å². The maximum atomic E-state index is 9.12. The van der Waals surface area contributed by atoms with Crippen molar-refractivity contribution in [3.8, 4) is 6.07 Å². The highest BCUT2D eigenvalue weighted by molar-refractivity contribution is 5.69. The van der Waals surface area contributed by atoms with E-state index in [1.54, 1.807) is 0 Å². The standard InChI is InChI=1S/C16H19N/c1-4-11(2)15-9-14(10-17)12(3)8-16(15)13-6-5-7-13/h8-9,13H,2,4-7H2,1,3H3. The second-order valence-corrected chi connectivity index (χ2v) is 4.95. The lowest BCUT2D eigenvalue weighted by atomic mass is 9.76. The summed E-state index contributed by atoms with van der Waals surface area (Å²) in [7, 11) is 0. The summed E-state index contributed by atoms with van der Waals surface area (Å²) in [5.41, 5.74) is 5.68. The van der Waals surface area contributed by atoms with Crippen molar-refractivity contribution in [1.29, 1.82) is 5.26 Å². The van der Waals surface area contributed by atoms with E-state index in [0.717, 1.165) is 23.1 Å². The van der Waals surface area contributed by atoms with Gasteiger partial charge in [-0.25, -0.2) is 0 Å². The van der Waals surface area contributed by atoms with E-state index in [1.807, 2.05) is 13.0 Å². The minimum Gasteiger partial charge on any atom is -0.192 e. The number of benzene rings is 1. The van der Waals surface area contributed by atoms with Gasteiger partial charge in [0.1, 0.15) is 0 Å². The van der Waals surface area contributed by atoms with Crippen LogP contribution < -0.4 is 0 Å². The van der Waals surface area contributed by atoms with Gasteiger partial charge in [0.2, 0.25) is 0 Å². The Morgan fingerprint density at radius 1 is 1.47 bits per heavy atom. The molecule has 0 unspecified atom stereocenters. The molecule has 1 heteroatoms. The molecule has 0 atom stereocenters. The second kappa shape index (κ2) is 4.75. The first-order valence-electron chi connectivity index (χ1n) is 6.40. The molecule has 1 aromatic carbocycles. The van der Waals surface area contributed by atoms with Crippen LogP contribution in [0.25, 0.3) is 5.57 Å². The number of aryl methyl sites for hydroxylation is 1. The van der Waals surface area contributed by atoms with Crippen LogP contribution in [0.4, 0.5) is 0 Å². The molecule has 0 aromatic heterocycles. The zero-order valence-electron chi connectivity index (χ0n) is 10.7. The van der Waals surface area contributed by atoms with Gasteiger partial charge in [0, 0.05) is 0 Å². The number of hydrogen-bond donors (Lipinski definition) is 0. The second-order valence-electron chi connectivity index (χ2n) is 4.95. The van der Waals surface area contributed by atoms with Crippen LogP contribution in [0.15, 0.2) is 18.7 Å². The molecule has 1 fully saturated rings. The van der Waals surface area contributed by atoms with Gasteiger partial charge < -0.3 is 0 Å². The molecule has 1 aliphatic rings. The van der Waals surface area contributed by atoms with Crippen LogP contribution in [0.1, 0.15) is 60.8 Å². The van der Waals surface area contributed by atoms with Crippen LogP contribution in [-0.4, -0.2) is 0 Å². The normalized spacial score (nSPS) is 15.1. The predicted molar refractivity (Wildman–Crippen MR) is 71.8 cm³/mol. The van der Waals surface area contributed by atoms with E-state index in [4.69, 9.17) is 5.26 Å². The van der Waals surface area contributed by atoms with E-state index < -0.39 is 0 Å². The summed E-state index contributed by atoms with van der Waals surface area (Å²) in [5, 5.41) is 9.12. The molecule has 0 amide bonds. The van der Waals surface area contributed by atoms with E-state index >= 15 is 0 Å². The Kier molecular flexibility index (Phi) is 3.33. The third kappa shape index (κ3) is 2.13. The quantitative estimate of drug-likeness (QED) is 0.740. The van der Waals surface area contributed by atoms with Gasteiger partial charge in [-0.15, -0.1) is 0 Å². The van der Waals surface area contributed by atoms with Gasteiger partial charge in [0.05, 0.1) is 11.6 Å². The average molecular weight is 225 g/mol. The Balaban J connectivity index is 2.52. The van der Waals surface area contributed by atoms with Crippen molar-refractivity contribution in [2.24, 2.45) is 0 Å². The van der Waals surface area contributed by atoms with Gasteiger partial charge in [-0.3, -0.25) is 0 Å². The molecule has 2 rings (SSSR count). The summed E-state index contributed by atoms with van der Waals surface area (Å²) in [4.78, 5) is 0. The summed E-state index contributed by atoms with van der Waals surface area (Å²) in [6, 6.07) is 6.52. The Bertz CT molecular complexity index is 487. The molecule has 1 aliphatic carbocycles. The van der Waals surface area contributed by atoms with E-state index in [0.29, 0.717) is 5.92 Å².